The lowest BCUT2D eigenvalue weighted by atomic mass is 9.49. The average Bonchev–Trinajstić information content (AvgIpc) is 2.64. The van der Waals surface area contributed by atoms with Crippen LogP contribution in [0.1, 0.15) is 16.7 Å². The molecular formula is C23H26BN. The highest BCUT2D eigenvalue weighted by Crippen LogP contribution is 2.14. The smallest absolute Gasteiger partial charge is 0.169 e. The van der Waals surface area contributed by atoms with Crippen LogP contribution < -0.4 is 5.46 Å². The van der Waals surface area contributed by atoms with Gasteiger partial charge in [-0.2, -0.15) is 0 Å². The van der Waals surface area contributed by atoms with Crippen molar-refractivity contribution in [2.24, 2.45) is 0 Å². The zero-order chi connectivity index (χ0) is 17.5. The van der Waals surface area contributed by atoms with Crippen LogP contribution >= 0.6 is 0 Å². The molecule has 0 atom stereocenters. The van der Waals surface area contributed by atoms with E-state index in [1.807, 2.05) is 0 Å². The molecule has 0 aliphatic carbocycles. The molecule has 3 aromatic rings. The Hall–Kier alpha value is -2.32. The van der Waals surface area contributed by atoms with Crippen molar-refractivity contribution in [1.82, 2.24) is 4.90 Å². The molecule has 1 nitrogen and oxygen atoms in total. The molecule has 3 aromatic carbocycles. The van der Waals surface area contributed by atoms with Crippen LogP contribution in [0, 0.1) is 0 Å². The molecule has 2 heteroatoms. The molecule has 0 aliphatic rings. The van der Waals surface area contributed by atoms with E-state index in [9.17, 15) is 0 Å². The van der Waals surface area contributed by atoms with Crippen molar-refractivity contribution in [3.63, 3.8) is 0 Å². The van der Waals surface area contributed by atoms with Gasteiger partial charge < -0.3 is 0 Å². The molecule has 0 N–H and O–H groups in total. The van der Waals surface area contributed by atoms with Gasteiger partial charge in [0.15, 0.2) is 6.71 Å². The Bertz CT molecular complexity index is 710. The first kappa shape index (κ1) is 17.5. The summed E-state index contributed by atoms with van der Waals surface area (Å²) in [5.41, 5.74) is 5.49. The summed E-state index contributed by atoms with van der Waals surface area (Å²) in [7, 11) is 0. The van der Waals surface area contributed by atoms with Gasteiger partial charge in [0.25, 0.3) is 0 Å². The Balaban J connectivity index is 1.75. The van der Waals surface area contributed by atoms with E-state index >= 15 is 0 Å². The lowest BCUT2D eigenvalue weighted by Gasteiger charge is -2.23. The Morgan fingerprint density at radius 3 is 1.36 bits per heavy atom. The van der Waals surface area contributed by atoms with E-state index in [0.29, 0.717) is 6.71 Å². The van der Waals surface area contributed by atoms with Crippen LogP contribution in [0.2, 0.25) is 13.6 Å². The zero-order valence-electron chi connectivity index (χ0n) is 15.2. The summed E-state index contributed by atoms with van der Waals surface area (Å²) in [6.45, 7) is 7.95. The first-order valence-electron chi connectivity index (χ1n) is 9.10. The molecule has 0 aromatic heterocycles. The van der Waals surface area contributed by atoms with Crippen molar-refractivity contribution < 1.29 is 0 Å². The van der Waals surface area contributed by atoms with Crippen molar-refractivity contribution in [2.45, 2.75) is 33.3 Å². The molecule has 0 saturated carbocycles. The lowest BCUT2D eigenvalue weighted by molar-refractivity contribution is 0.248. The van der Waals surface area contributed by atoms with E-state index in [4.69, 9.17) is 0 Å². The van der Waals surface area contributed by atoms with E-state index in [2.05, 4.69) is 103 Å². The summed E-state index contributed by atoms with van der Waals surface area (Å²) >= 11 is 0. The van der Waals surface area contributed by atoms with Crippen LogP contribution in [-0.2, 0) is 19.6 Å². The average molecular weight is 327 g/mol. The van der Waals surface area contributed by atoms with Gasteiger partial charge in [0.1, 0.15) is 0 Å². The number of benzene rings is 3. The molecule has 0 heterocycles. The first-order valence-corrected chi connectivity index (χ1v) is 9.10. The summed E-state index contributed by atoms with van der Waals surface area (Å²) in [5, 5.41) is 0. The minimum absolute atomic E-state index is 0.582. The van der Waals surface area contributed by atoms with Crippen molar-refractivity contribution >= 4 is 12.2 Å². The Labute approximate surface area is 152 Å². The number of rotatable bonds is 7. The van der Waals surface area contributed by atoms with E-state index < -0.39 is 0 Å². The van der Waals surface area contributed by atoms with E-state index in [0.717, 1.165) is 19.6 Å². The predicted octanol–water partition coefficient (Wildman–Crippen LogP) is 4.85. The van der Waals surface area contributed by atoms with Crippen molar-refractivity contribution in [3.8, 4) is 0 Å². The summed E-state index contributed by atoms with van der Waals surface area (Å²) in [5.74, 6) is 0. The fourth-order valence-corrected chi connectivity index (χ4v) is 3.12. The van der Waals surface area contributed by atoms with E-state index in [1.165, 1.54) is 22.2 Å². The van der Waals surface area contributed by atoms with Gasteiger partial charge in [-0.15, -0.1) is 0 Å². The Morgan fingerprint density at radius 1 is 0.560 bits per heavy atom. The topological polar surface area (TPSA) is 3.24 Å². The third kappa shape index (κ3) is 5.34. The van der Waals surface area contributed by atoms with Gasteiger partial charge in [0.2, 0.25) is 0 Å². The minimum atomic E-state index is 0.582. The summed E-state index contributed by atoms with van der Waals surface area (Å²) in [6, 6.07) is 30.6. The molecule has 0 spiro atoms. The van der Waals surface area contributed by atoms with E-state index in [1.54, 1.807) is 0 Å². The second-order valence-electron chi connectivity index (χ2n) is 7.01. The van der Waals surface area contributed by atoms with Crippen LogP contribution in [0.15, 0.2) is 84.9 Å². The van der Waals surface area contributed by atoms with Crippen molar-refractivity contribution in [3.05, 3.63) is 102 Å². The molecule has 0 fully saturated rings. The maximum Gasteiger partial charge on any atom is 0.169 e. The Morgan fingerprint density at radius 2 is 0.960 bits per heavy atom. The molecule has 0 bridgehead atoms. The van der Waals surface area contributed by atoms with Crippen molar-refractivity contribution in [2.75, 3.05) is 0 Å². The maximum absolute atomic E-state index is 2.51. The first-order chi connectivity index (χ1) is 12.2. The molecular weight excluding hydrogens is 301 g/mol. The number of hydrogen-bond acceptors (Lipinski definition) is 1. The van der Waals surface area contributed by atoms with Crippen LogP contribution in [0.4, 0.5) is 0 Å². The number of hydrogen-bond donors (Lipinski definition) is 0. The third-order valence-corrected chi connectivity index (χ3v) is 4.55. The molecule has 0 saturated heterocycles. The largest absolute Gasteiger partial charge is 0.291 e. The highest BCUT2D eigenvalue weighted by Gasteiger charge is 2.09. The summed E-state index contributed by atoms with van der Waals surface area (Å²) in [6.07, 6.45) is 0. The zero-order valence-corrected chi connectivity index (χ0v) is 15.2. The molecule has 0 unspecified atom stereocenters. The van der Waals surface area contributed by atoms with Crippen LogP contribution in [0.5, 0.6) is 0 Å². The SMILES string of the molecule is CB(C)c1ccc(CN(Cc2ccccc2)Cc2ccccc2)cc1. The minimum Gasteiger partial charge on any atom is -0.291 e. The molecule has 0 aliphatic heterocycles. The molecule has 0 radical (unpaired) electrons. The molecule has 3 rings (SSSR count). The summed E-state index contributed by atoms with van der Waals surface area (Å²) < 4.78 is 0. The lowest BCUT2D eigenvalue weighted by Crippen LogP contribution is -2.24. The van der Waals surface area contributed by atoms with Crippen LogP contribution in [-0.4, -0.2) is 11.6 Å². The van der Waals surface area contributed by atoms with Gasteiger partial charge in [-0.1, -0.05) is 104 Å². The molecule has 0 amide bonds. The fraction of sp³-hybridized carbons (Fsp3) is 0.217. The van der Waals surface area contributed by atoms with Gasteiger partial charge in [-0.05, 0) is 16.7 Å². The van der Waals surface area contributed by atoms with Crippen LogP contribution in [0.3, 0.4) is 0 Å². The van der Waals surface area contributed by atoms with Crippen molar-refractivity contribution in [1.29, 1.82) is 0 Å². The standard InChI is InChI=1S/C23H26BN/c1-24(2)23-15-13-22(14-16-23)19-25(17-20-9-5-3-6-10-20)18-21-11-7-4-8-12-21/h3-16H,17-19H2,1-2H3. The van der Waals surface area contributed by atoms with Gasteiger partial charge in [-0.25, -0.2) is 0 Å². The molecule has 25 heavy (non-hydrogen) atoms. The third-order valence-electron chi connectivity index (χ3n) is 4.55. The maximum atomic E-state index is 2.51. The molecule has 126 valence electrons. The van der Waals surface area contributed by atoms with Gasteiger partial charge >= 0.3 is 0 Å². The van der Waals surface area contributed by atoms with E-state index in [-0.39, 0.29) is 0 Å². The quantitative estimate of drug-likeness (QED) is 0.561. The number of nitrogens with zero attached hydrogens (tertiary/aromatic N) is 1. The highest BCUT2D eigenvalue weighted by molar-refractivity contribution is 6.70. The second-order valence-corrected chi connectivity index (χ2v) is 7.01. The fourth-order valence-electron chi connectivity index (χ4n) is 3.12. The normalized spacial score (nSPS) is 10.8. The predicted molar refractivity (Wildman–Crippen MR) is 109 cm³/mol. The van der Waals surface area contributed by atoms with Gasteiger partial charge in [-0.3, -0.25) is 4.90 Å². The van der Waals surface area contributed by atoms with Crippen LogP contribution in [0.25, 0.3) is 0 Å². The second kappa shape index (κ2) is 8.69. The highest BCUT2D eigenvalue weighted by atomic mass is 15.1. The monoisotopic (exact) mass is 327 g/mol. The summed E-state index contributed by atoms with van der Waals surface area (Å²) in [4.78, 5) is 2.51. The van der Waals surface area contributed by atoms with Gasteiger partial charge in [0, 0.05) is 19.6 Å². The Kier molecular flexibility index (Phi) is 6.08. The van der Waals surface area contributed by atoms with Gasteiger partial charge in [0.05, 0.1) is 0 Å².